The number of likely N-dealkylation sites (tertiary alicyclic amines) is 1. The lowest BCUT2D eigenvalue weighted by Gasteiger charge is -2.30. The van der Waals surface area contributed by atoms with Crippen molar-refractivity contribution in [2.45, 2.75) is 19.4 Å². The molecule has 1 aliphatic heterocycles. The van der Waals surface area contributed by atoms with Gasteiger partial charge in [0.1, 0.15) is 6.54 Å². The predicted molar refractivity (Wildman–Crippen MR) is 84.1 cm³/mol. The lowest BCUT2D eigenvalue weighted by Crippen LogP contribution is -2.44. The van der Waals surface area contributed by atoms with E-state index in [1.165, 1.54) is 0 Å². The molecule has 2 heterocycles. The Morgan fingerprint density at radius 3 is 2.42 bits per heavy atom. The molecule has 2 aromatic rings. The summed E-state index contributed by atoms with van der Waals surface area (Å²) in [5.41, 5.74) is 5.40. The Morgan fingerprint density at radius 2 is 1.79 bits per heavy atom. The molecule has 0 radical (unpaired) electrons. The third-order valence-electron chi connectivity index (χ3n) is 4.18. The highest BCUT2D eigenvalue weighted by molar-refractivity contribution is 5.78. The fourth-order valence-electron chi connectivity index (χ4n) is 2.75. The first-order valence-corrected chi connectivity index (χ1v) is 7.71. The molecular formula is C15H18N6O3. The van der Waals surface area contributed by atoms with Crippen LogP contribution in [0, 0.1) is 5.92 Å². The summed E-state index contributed by atoms with van der Waals surface area (Å²) in [6.45, 7) is 0.731. The van der Waals surface area contributed by atoms with Crippen molar-refractivity contribution in [3.8, 4) is 5.69 Å². The summed E-state index contributed by atoms with van der Waals surface area (Å²) < 4.78 is 2.18. The predicted octanol–water partition coefficient (Wildman–Crippen LogP) is -0.847. The van der Waals surface area contributed by atoms with Crippen molar-refractivity contribution < 1.29 is 9.59 Å². The Balaban J connectivity index is 1.67. The molecule has 126 valence electrons. The van der Waals surface area contributed by atoms with E-state index in [1.54, 1.807) is 29.2 Å². The van der Waals surface area contributed by atoms with Gasteiger partial charge in [-0.2, -0.15) is 9.36 Å². The summed E-state index contributed by atoms with van der Waals surface area (Å²) in [5.74, 6) is -0.736. The Labute approximate surface area is 137 Å². The number of carbonyl (C=O) groups excluding carboxylic acids is 2. The van der Waals surface area contributed by atoms with Crippen LogP contribution in [0.2, 0.25) is 0 Å². The van der Waals surface area contributed by atoms with Crippen molar-refractivity contribution in [3.63, 3.8) is 0 Å². The van der Waals surface area contributed by atoms with E-state index in [-0.39, 0.29) is 24.3 Å². The van der Waals surface area contributed by atoms with Crippen molar-refractivity contribution in [2.75, 3.05) is 13.1 Å². The van der Waals surface area contributed by atoms with Gasteiger partial charge in [-0.05, 0) is 35.4 Å². The van der Waals surface area contributed by atoms with E-state index in [2.05, 4.69) is 10.4 Å². The summed E-state index contributed by atoms with van der Waals surface area (Å²) in [5, 5.41) is 7.57. The molecule has 3 rings (SSSR count). The van der Waals surface area contributed by atoms with E-state index in [1.807, 2.05) is 6.07 Å². The average molecular weight is 330 g/mol. The third-order valence-corrected chi connectivity index (χ3v) is 4.18. The van der Waals surface area contributed by atoms with Crippen LogP contribution >= 0.6 is 0 Å². The number of tetrazole rings is 1. The zero-order valence-corrected chi connectivity index (χ0v) is 13.0. The van der Waals surface area contributed by atoms with Gasteiger partial charge in [-0.1, -0.05) is 18.2 Å². The molecule has 9 nitrogen and oxygen atoms in total. The Bertz CT molecular complexity index is 789. The Hall–Kier alpha value is -2.97. The van der Waals surface area contributed by atoms with Gasteiger partial charge in [0, 0.05) is 19.0 Å². The molecule has 1 fully saturated rings. The second-order valence-corrected chi connectivity index (χ2v) is 5.72. The van der Waals surface area contributed by atoms with Gasteiger partial charge in [-0.25, -0.2) is 4.79 Å². The van der Waals surface area contributed by atoms with Gasteiger partial charge in [0.15, 0.2) is 0 Å². The molecular weight excluding hydrogens is 312 g/mol. The van der Waals surface area contributed by atoms with Crippen LogP contribution in [0.3, 0.4) is 0 Å². The summed E-state index contributed by atoms with van der Waals surface area (Å²) >= 11 is 0. The number of rotatable bonds is 4. The van der Waals surface area contributed by atoms with Crippen molar-refractivity contribution in [3.05, 3.63) is 40.8 Å². The number of amides is 2. The van der Waals surface area contributed by atoms with E-state index in [4.69, 9.17) is 5.73 Å². The molecule has 0 unspecified atom stereocenters. The van der Waals surface area contributed by atoms with Crippen LogP contribution in [-0.2, 0) is 16.1 Å². The first kappa shape index (κ1) is 15.9. The highest BCUT2D eigenvalue weighted by Gasteiger charge is 2.26. The van der Waals surface area contributed by atoms with Crippen LogP contribution in [0.15, 0.2) is 35.1 Å². The highest BCUT2D eigenvalue weighted by Crippen LogP contribution is 2.16. The van der Waals surface area contributed by atoms with Crippen molar-refractivity contribution in [2.24, 2.45) is 11.7 Å². The van der Waals surface area contributed by atoms with Gasteiger partial charge < -0.3 is 10.6 Å². The lowest BCUT2D eigenvalue weighted by atomic mass is 9.96. The fraction of sp³-hybridized carbons (Fsp3) is 0.400. The minimum Gasteiger partial charge on any atom is -0.369 e. The van der Waals surface area contributed by atoms with Crippen molar-refractivity contribution in [1.29, 1.82) is 0 Å². The van der Waals surface area contributed by atoms with Crippen LogP contribution in [0.5, 0.6) is 0 Å². The summed E-state index contributed by atoms with van der Waals surface area (Å²) in [7, 11) is 0. The zero-order chi connectivity index (χ0) is 17.1. The second kappa shape index (κ2) is 6.65. The van der Waals surface area contributed by atoms with E-state index < -0.39 is 5.69 Å². The molecule has 0 spiro atoms. The normalized spacial score (nSPS) is 15.4. The maximum atomic E-state index is 12.3. The number of nitrogens with zero attached hydrogens (tertiary/aromatic N) is 5. The van der Waals surface area contributed by atoms with Crippen LogP contribution in [0.4, 0.5) is 0 Å². The van der Waals surface area contributed by atoms with Crippen LogP contribution in [0.1, 0.15) is 12.8 Å². The molecule has 9 heteroatoms. The van der Waals surface area contributed by atoms with Gasteiger partial charge >= 0.3 is 5.69 Å². The van der Waals surface area contributed by atoms with Gasteiger partial charge in [0.25, 0.3) is 0 Å². The summed E-state index contributed by atoms with van der Waals surface area (Å²) in [4.78, 5) is 37.4. The number of primary amides is 1. The molecule has 0 aliphatic carbocycles. The molecule has 0 bridgehead atoms. The first-order chi connectivity index (χ1) is 11.6. The Kier molecular flexibility index (Phi) is 4.41. The summed E-state index contributed by atoms with van der Waals surface area (Å²) in [6, 6.07) is 8.87. The number of hydrogen-bond acceptors (Lipinski definition) is 5. The monoisotopic (exact) mass is 330 g/mol. The van der Waals surface area contributed by atoms with Crippen LogP contribution < -0.4 is 11.4 Å². The topological polar surface area (TPSA) is 116 Å². The van der Waals surface area contributed by atoms with E-state index in [0.717, 1.165) is 9.36 Å². The maximum Gasteiger partial charge on any atom is 0.368 e. The maximum absolute atomic E-state index is 12.3. The minimum absolute atomic E-state index is 0.174. The average Bonchev–Trinajstić information content (AvgIpc) is 2.96. The summed E-state index contributed by atoms with van der Waals surface area (Å²) in [6.07, 6.45) is 1.10. The van der Waals surface area contributed by atoms with Crippen molar-refractivity contribution >= 4 is 11.8 Å². The van der Waals surface area contributed by atoms with Crippen LogP contribution in [0.25, 0.3) is 5.69 Å². The van der Waals surface area contributed by atoms with Crippen molar-refractivity contribution in [1.82, 2.24) is 24.7 Å². The molecule has 1 aromatic carbocycles. The third kappa shape index (κ3) is 3.19. The van der Waals surface area contributed by atoms with Gasteiger partial charge in [0.05, 0.1) is 5.69 Å². The van der Waals surface area contributed by atoms with Gasteiger partial charge in [0.2, 0.25) is 11.8 Å². The van der Waals surface area contributed by atoms with Gasteiger partial charge in [-0.3, -0.25) is 9.59 Å². The number of aromatic nitrogens is 4. The van der Waals surface area contributed by atoms with E-state index >= 15 is 0 Å². The first-order valence-electron chi connectivity index (χ1n) is 7.71. The molecule has 0 atom stereocenters. The molecule has 1 aliphatic rings. The highest BCUT2D eigenvalue weighted by atomic mass is 16.2. The molecule has 2 amide bonds. The smallest absolute Gasteiger partial charge is 0.368 e. The molecule has 0 saturated carbocycles. The minimum atomic E-state index is -0.471. The quantitative estimate of drug-likeness (QED) is 0.784. The number of piperidine rings is 1. The lowest BCUT2D eigenvalue weighted by molar-refractivity contribution is -0.135. The number of hydrogen-bond donors (Lipinski definition) is 1. The second-order valence-electron chi connectivity index (χ2n) is 5.72. The SMILES string of the molecule is NC(=O)C1CCN(C(=O)Cn2nnn(-c3ccccc3)c2=O)CC1. The molecule has 2 N–H and O–H groups in total. The fourth-order valence-corrected chi connectivity index (χ4v) is 2.75. The number of carbonyl (C=O) groups is 2. The van der Waals surface area contributed by atoms with Gasteiger partial charge in [-0.15, -0.1) is 0 Å². The Morgan fingerprint density at radius 1 is 1.12 bits per heavy atom. The van der Waals surface area contributed by atoms with Crippen LogP contribution in [-0.4, -0.2) is 49.6 Å². The standard InChI is InChI=1S/C15H18N6O3/c16-14(23)11-6-8-19(9-7-11)13(22)10-20-15(24)21(18-17-20)12-4-2-1-3-5-12/h1-5,11H,6-10H2,(H2,16,23). The van der Waals surface area contributed by atoms with E-state index in [0.29, 0.717) is 31.6 Å². The van der Waals surface area contributed by atoms with E-state index in [9.17, 15) is 14.4 Å². The molecule has 1 saturated heterocycles. The number of benzene rings is 1. The molecule has 1 aromatic heterocycles. The number of para-hydroxylation sites is 1. The molecule has 24 heavy (non-hydrogen) atoms. The largest absolute Gasteiger partial charge is 0.369 e. The zero-order valence-electron chi connectivity index (χ0n) is 13.0. The number of nitrogens with two attached hydrogens (primary N) is 1.